The number of benzene rings is 1. The Bertz CT molecular complexity index is 616. The van der Waals surface area contributed by atoms with Crippen LogP contribution in [0.4, 0.5) is 18.0 Å². The van der Waals surface area contributed by atoms with Gasteiger partial charge >= 0.3 is 18.2 Å². The van der Waals surface area contributed by atoms with E-state index in [1.54, 1.807) is 30.3 Å². The SMILES string of the molecule is O=C1CCC=CCN(C(=O)OCc2ccccc2)[C@@H](C(F)(F)F)CO1. The van der Waals surface area contributed by atoms with Crippen molar-refractivity contribution in [2.75, 3.05) is 13.2 Å². The molecule has 1 aliphatic heterocycles. The van der Waals surface area contributed by atoms with Gasteiger partial charge in [0.1, 0.15) is 13.2 Å². The minimum Gasteiger partial charge on any atom is -0.463 e. The lowest BCUT2D eigenvalue weighted by Gasteiger charge is -2.31. The molecule has 5 nitrogen and oxygen atoms in total. The predicted octanol–water partition coefficient (Wildman–Crippen LogP) is 3.45. The van der Waals surface area contributed by atoms with E-state index in [-0.39, 0.29) is 19.6 Å². The second-order valence-electron chi connectivity index (χ2n) is 5.44. The molecule has 0 radical (unpaired) electrons. The Morgan fingerprint density at radius 1 is 1.24 bits per heavy atom. The summed E-state index contributed by atoms with van der Waals surface area (Å²) in [5.41, 5.74) is 0.655. The third-order valence-corrected chi connectivity index (χ3v) is 3.58. The van der Waals surface area contributed by atoms with Crippen molar-refractivity contribution in [3.63, 3.8) is 0 Å². The largest absolute Gasteiger partial charge is 0.463 e. The Labute approximate surface area is 143 Å². The number of nitrogens with zero attached hydrogens (tertiary/aromatic N) is 1. The maximum Gasteiger partial charge on any atom is 0.412 e. The number of carbonyl (C=O) groups excluding carboxylic acids is 2. The van der Waals surface area contributed by atoms with Crippen molar-refractivity contribution < 1.29 is 32.2 Å². The van der Waals surface area contributed by atoms with Crippen molar-refractivity contribution in [2.24, 2.45) is 0 Å². The van der Waals surface area contributed by atoms with E-state index < -0.39 is 30.9 Å². The van der Waals surface area contributed by atoms with Gasteiger partial charge in [0.15, 0.2) is 6.04 Å². The topological polar surface area (TPSA) is 55.8 Å². The molecule has 25 heavy (non-hydrogen) atoms. The Kier molecular flexibility index (Phi) is 6.44. The molecular formula is C17H18F3NO4. The van der Waals surface area contributed by atoms with Crippen LogP contribution in [0.2, 0.25) is 0 Å². The van der Waals surface area contributed by atoms with Gasteiger partial charge in [-0.25, -0.2) is 4.79 Å². The van der Waals surface area contributed by atoms with E-state index in [4.69, 9.17) is 4.74 Å². The first-order valence-corrected chi connectivity index (χ1v) is 7.72. The van der Waals surface area contributed by atoms with Gasteiger partial charge in [-0.3, -0.25) is 9.69 Å². The first kappa shape index (κ1) is 18.8. The number of halogens is 3. The molecule has 0 bridgehead atoms. The van der Waals surface area contributed by atoms with Crippen LogP contribution in [0.5, 0.6) is 0 Å². The molecule has 0 saturated carbocycles. The van der Waals surface area contributed by atoms with Crippen molar-refractivity contribution in [1.29, 1.82) is 0 Å². The Balaban J connectivity index is 2.13. The monoisotopic (exact) mass is 357 g/mol. The summed E-state index contributed by atoms with van der Waals surface area (Å²) in [6, 6.07) is 6.36. The van der Waals surface area contributed by atoms with Crippen molar-refractivity contribution in [3.05, 3.63) is 48.0 Å². The summed E-state index contributed by atoms with van der Waals surface area (Å²) >= 11 is 0. The zero-order chi connectivity index (χ0) is 18.3. The Morgan fingerprint density at radius 3 is 2.64 bits per heavy atom. The van der Waals surface area contributed by atoms with E-state index >= 15 is 0 Å². The van der Waals surface area contributed by atoms with Crippen LogP contribution >= 0.6 is 0 Å². The number of hydrogen-bond donors (Lipinski definition) is 0. The van der Waals surface area contributed by atoms with E-state index in [0.29, 0.717) is 16.9 Å². The first-order valence-electron chi connectivity index (χ1n) is 7.72. The quantitative estimate of drug-likeness (QED) is 0.601. The number of hydrogen-bond acceptors (Lipinski definition) is 4. The number of ether oxygens (including phenoxy) is 2. The first-order chi connectivity index (χ1) is 11.9. The average Bonchev–Trinajstić information content (AvgIpc) is 2.57. The highest BCUT2D eigenvalue weighted by atomic mass is 19.4. The predicted molar refractivity (Wildman–Crippen MR) is 82.5 cm³/mol. The Morgan fingerprint density at radius 2 is 1.96 bits per heavy atom. The molecule has 0 N–H and O–H groups in total. The van der Waals surface area contributed by atoms with E-state index in [1.807, 2.05) is 0 Å². The van der Waals surface area contributed by atoms with E-state index in [0.717, 1.165) is 0 Å². The number of rotatable bonds is 2. The molecule has 1 aromatic rings. The smallest absolute Gasteiger partial charge is 0.412 e. The van der Waals surface area contributed by atoms with E-state index in [9.17, 15) is 22.8 Å². The summed E-state index contributed by atoms with van der Waals surface area (Å²) in [7, 11) is 0. The van der Waals surface area contributed by atoms with Crippen LogP contribution in [0.3, 0.4) is 0 Å². The van der Waals surface area contributed by atoms with Crippen LogP contribution in [-0.4, -0.2) is 42.3 Å². The lowest BCUT2D eigenvalue weighted by atomic mass is 10.2. The van der Waals surface area contributed by atoms with Crippen LogP contribution in [-0.2, 0) is 20.9 Å². The molecule has 0 aromatic heterocycles. The van der Waals surface area contributed by atoms with Gasteiger partial charge in [0, 0.05) is 13.0 Å². The molecule has 1 amide bonds. The molecule has 1 atom stereocenters. The highest BCUT2D eigenvalue weighted by molar-refractivity contribution is 5.70. The summed E-state index contributed by atoms with van der Waals surface area (Å²) < 4.78 is 49.6. The van der Waals surface area contributed by atoms with Gasteiger partial charge in [0.05, 0.1) is 0 Å². The highest BCUT2D eigenvalue weighted by Crippen LogP contribution is 2.26. The fourth-order valence-corrected chi connectivity index (χ4v) is 2.24. The molecule has 1 heterocycles. The van der Waals surface area contributed by atoms with Gasteiger partial charge in [-0.2, -0.15) is 13.2 Å². The molecule has 136 valence electrons. The van der Waals surface area contributed by atoms with Gasteiger partial charge in [-0.1, -0.05) is 42.5 Å². The van der Waals surface area contributed by atoms with Crippen LogP contribution in [0.25, 0.3) is 0 Å². The van der Waals surface area contributed by atoms with Gasteiger partial charge in [-0.05, 0) is 12.0 Å². The molecule has 0 aliphatic carbocycles. The lowest BCUT2D eigenvalue weighted by molar-refractivity contribution is -0.193. The molecule has 1 aromatic carbocycles. The maximum atomic E-state index is 13.3. The Hall–Kier alpha value is -2.51. The van der Waals surface area contributed by atoms with Gasteiger partial charge in [0.2, 0.25) is 0 Å². The number of alkyl halides is 3. The maximum absolute atomic E-state index is 13.3. The van der Waals surface area contributed by atoms with Crippen LogP contribution < -0.4 is 0 Å². The minimum absolute atomic E-state index is 0.000466. The van der Waals surface area contributed by atoms with Gasteiger partial charge in [0.25, 0.3) is 0 Å². The normalized spacial score (nSPS) is 19.2. The van der Waals surface area contributed by atoms with Crippen LogP contribution in [0.1, 0.15) is 18.4 Å². The third kappa shape index (κ3) is 5.81. The zero-order valence-corrected chi connectivity index (χ0v) is 13.4. The molecular weight excluding hydrogens is 339 g/mol. The molecule has 0 unspecified atom stereocenters. The summed E-state index contributed by atoms with van der Waals surface area (Å²) in [4.78, 5) is 24.1. The molecule has 8 heteroatoms. The number of esters is 1. The fourth-order valence-electron chi connectivity index (χ4n) is 2.24. The second kappa shape index (κ2) is 8.55. The summed E-state index contributed by atoms with van der Waals surface area (Å²) in [5, 5.41) is 0. The van der Waals surface area contributed by atoms with Gasteiger partial charge in [-0.15, -0.1) is 0 Å². The second-order valence-corrected chi connectivity index (χ2v) is 5.44. The average molecular weight is 357 g/mol. The molecule has 0 saturated heterocycles. The summed E-state index contributed by atoms with van der Waals surface area (Å²) in [6.45, 7) is -1.38. The summed E-state index contributed by atoms with van der Waals surface area (Å²) in [6.07, 6.45) is -2.58. The van der Waals surface area contributed by atoms with Crippen LogP contribution in [0.15, 0.2) is 42.5 Å². The van der Waals surface area contributed by atoms with Gasteiger partial charge < -0.3 is 9.47 Å². The molecule has 2 rings (SSSR count). The molecule has 0 fully saturated rings. The van der Waals surface area contributed by atoms with Crippen molar-refractivity contribution in [3.8, 4) is 0 Å². The molecule has 1 aliphatic rings. The van der Waals surface area contributed by atoms with Crippen molar-refractivity contribution in [2.45, 2.75) is 31.7 Å². The molecule has 0 spiro atoms. The fraction of sp³-hybridized carbons (Fsp3) is 0.412. The van der Waals surface area contributed by atoms with Crippen molar-refractivity contribution in [1.82, 2.24) is 4.90 Å². The lowest BCUT2D eigenvalue weighted by Crippen LogP contribution is -2.52. The third-order valence-electron chi connectivity index (χ3n) is 3.58. The number of cyclic esters (lactones) is 1. The summed E-state index contributed by atoms with van der Waals surface area (Å²) in [5.74, 6) is -0.738. The minimum atomic E-state index is -4.75. The number of amides is 1. The number of carbonyl (C=O) groups is 2. The zero-order valence-electron chi connectivity index (χ0n) is 13.4. The number of allylic oxidation sites excluding steroid dienone is 1. The van der Waals surface area contributed by atoms with Crippen molar-refractivity contribution >= 4 is 12.1 Å². The highest BCUT2D eigenvalue weighted by Gasteiger charge is 2.46. The standard InChI is InChI=1S/C17H18F3NO4/c18-17(19,20)14-12-24-15(22)9-5-2-6-10-21(14)16(23)25-11-13-7-3-1-4-8-13/h1-4,6-8,14H,5,9-12H2/t14-/m1/s1. The van der Waals surface area contributed by atoms with E-state index in [2.05, 4.69) is 4.74 Å². The van der Waals surface area contributed by atoms with E-state index in [1.165, 1.54) is 12.2 Å². The van der Waals surface area contributed by atoms with Crippen LogP contribution in [0, 0.1) is 0 Å².